The quantitative estimate of drug-likeness (QED) is 0.489. The van der Waals surface area contributed by atoms with Gasteiger partial charge in [-0.1, -0.05) is 0 Å². The first kappa shape index (κ1) is 6.07. The molecule has 0 aliphatic rings. The molecule has 4 heteroatoms. The van der Waals surface area contributed by atoms with Crippen molar-refractivity contribution in [3.8, 4) is 0 Å². The Morgan fingerprint density at radius 2 is 2.43 bits per heavy atom. The third kappa shape index (κ3) is 2.88. The Bertz CT molecular complexity index is 81.0. The van der Waals surface area contributed by atoms with E-state index in [1.54, 1.807) is 6.92 Å². The highest BCUT2D eigenvalue weighted by atomic mass is 16.3. The SMILES string of the molecule is CCNC(=O)N=O. The standard InChI is InChI=1S/C3H6N2O2/c1-2-4-3(6)5-7/h2H2,1H3,(H,4,6). The van der Waals surface area contributed by atoms with Gasteiger partial charge in [-0.2, -0.15) is 0 Å². The van der Waals surface area contributed by atoms with Crippen LogP contribution in [0.3, 0.4) is 0 Å². The predicted molar refractivity (Wildman–Crippen MR) is 24.9 cm³/mol. The van der Waals surface area contributed by atoms with Crippen LogP contribution in [0.25, 0.3) is 0 Å². The Balaban J connectivity index is 3.17. The van der Waals surface area contributed by atoms with E-state index in [1.165, 1.54) is 0 Å². The van der Waals surface area contributed by atoms with E-state index in [0.717, 1.165) is 0 Å². The number of hydrogen-bond donors (Lipinski definition) is 1. The maximum atomic E-state index is 9.82. The highest BCUT2D eigenvalue weighted by molar-refractivity contribution is 5.74. The van der Waals surface area contributed by atoms with Gasteiger partial charge in [-0.3, -0.25) is 0 Å². The number of nitroso groups, excluding NO2 is 1. The first-order valence-electron chi connectivity index (χ1n) is 1.92. The van der Waals surface area contributed by atoms with Gasteiger partial charge < -0.3 is 5.32 Å². The topological polar surface area (TPSA) is 58.5 Å². The van der Waals surface area contributed by atoms with Gasteiger partial charge in [0.2, 0.25) is 0 Å². The molecule has 0 fully saturated rings. The molecular formula is C3H6N2O2. The zero-order chi connectivity index (χ0) is 5.70. The van der Waals surface area contributed by atoms with Crippen molar-refractivity contribution in [1.29, 1.82) is 0 Å². The summed E-state index contributed by atoms with van der Waals surface area (Å²) >= 11 is 0. The smallest absolute Gasteiger partial charge is 0.334 e. The molecule has 0 radical (unpaired) electrons. The van der Waals surface area contributed by atoms with E-state index >= 15 is 0 Å². The minimum atomic E-state index is -0.803. The molecule has 0 heterocycles. The number of carbonyl (C=O) groups excluding carboxylic acids is 1. The minimum absolute atomic E-state index is 0.449. The second kappa shape index (κ2) is 3.27. The van der Waals surface area contributed by atoms with Crippen LogP contribution in [0, 0.1) is 4.91 Å². The molecule has 40 valence electrons. The van der Waals surface area contributed by atoms with Crippen molar-refractivity contribution in [3.05, 3.63) is 4.91 Å². The maximum Gasteiger partial charge on any atom is 0.378 e. The molecule has 2 amide bonds. The molecule has 0 aliphatic carbocycles. The van der Waals surface area contributed by atoms with E-state index in [1.807, 2.05) is 0 Å². The fraction of sp³-hybridized carbons (Fsp3) is 0.667. The molecule has 4 nitrogen and oxygen atoms in total. The lowest BCUT2D eigenvalue weighted by Gasteiger charge is -1.86. The fourth-order valence-electron chi connectivity index (χ4n) is 0.184. The van der Waals surface area contributed by atoms with E-state index in [2.05, 4.69) is 10.5 Å². The zero-order valence-corrected chi connectivity index (χ0v) is 3.97. The molecule has 0 unspecified atom stereocenters. The Labute approximate surface area is 40.9 Å². The van der Waals surface area contributed by atoms with Gasteiger partial charge in [0.25, 0.3) is 0 Å². The lowest BCUT2D eigenvalue weighted by molar-refractivity contribution is 0.249. The average molecular weight is 102 g/mol. The number of amides is 2. The highest BCUT2D eigenvalue weighted by Crippen LogP contribution is 1.66. The number of carbonyl (C=O) groups is 1. The van der Waals surface area contributed by atoms with Gasteiger partial charge in [0, 0.05) is 11.7 Å². The molecule has 0 spiro atoms. The molecule has 0 atom stereocenters. The lowest BCUT2D eigenvalue weighted by Crippen LogP contribution is -2.17. The first-order valence-corrected chi connectivity index (χ1v) is 1.92. The third-order valence-electron chi connectivity index (χ3n) is 0.411. The summed E-state index contributed by atoms with van der Waals surface area (Å²) in [5, 5.41) is 4.26. The van der Waals surface area contributed by atoms with Crippen molar-refractivity contribution in [3.63, 3.8) is 0 Å². The van der Waals surface area contributed by atoms with Crippen LogP contribution < -0.4 is 5.32 Å². The molecule has 0 bridgehead atoms. The van der Waals surface area contributed by atoms with Crippen LogP contribution >= 0.6 is 0 Å². The van der Waals surface area contributed by atoms with Gasteiger partial charge in [0.05, 0.1) is 0 Å². The summed E-state index contributed by atoms with van der Waals surface area (Å²) in [6, 6.07) is -0.803. The number of urea groups is 1. The number of nitrogens with zero attached hydrogens (tertiary/aromatic N) is 1. The van der Waals surface area contributed by atoms with E-state index in [9.17, 15) is 9.70 Å². The summed E-state index contributed by atoms with van der Waals surface area (Å²) in [5.74, 6) is 0. The Kier molecular flexibility index (Phi) is 2.83. The molecule has 0 aromatic carbocycles. The van der Waals surface area contributed by atoms with E-state index < -0.39 is 6.03 Å². The van der Waals surface area contributed by atoms with Gasteiger partial charge in [-0.15, -0.1) is 4.91 Å². The van der Waals surface area contributed by atoms with Crippen molar-refractivity contribution in [2.45, 2.75) is 6.92 Å². The zero-order valence-electron chi connectivity index (χ0n) is 3.97. The average Bonchev–Trinajstić information content (AvgIpc) is 1.68. The first-order chi connectivity index (χ1) is 3.31. The lowest BCUT2D eigenvalue weighted by atomic mass is 10.7. The van der Waals surface area contributed by atoms with Gasteiger partial charge in [-0.05, 0) is 6.92 Å². The molecule has 0 saturated carbocycles. The molecular weight excluding hydrogens is 96.0 g/mol. The molecule has 1 N–H and O–H groups in total. The van der Waals surface area contributed by atoms with Gasteiger partial charge in [0.15, 0.2) is 0 Å². The summed E-state index contributed by atoms with van der Waals surface area (Å²) in [6.45, 7) is 2.16. The molecule has 0 aromatic rings. The Morgan fingerprint density at radius 1 is 1.86 bits per heavy atom. The summed E-state index contributed by atoms with van der Waals surface area (Å²) in [7, 11) is 0. The normalized spacial score (nSPS) is 7.57. The van der Waals surface area contributed by atoms with Crippen LogP contribution in [0.15, 0.2) is 5.18 Å². The summed E-state index contributed by atoms with van der Waals surface area (Å²) in [4.78, 5) is 19.1. The summed E-state index contributed by atoms with van der Waals surface area (Å²) in [6.07, 6.45) is 0. The van der Waals surface area contributed by atoms with E-state index in [-0.39, 0.29) is 0 Å². The molecule has 7 heavy (non-hydrogen) atoms. The molecule has 0 saturated heterocycles. The van der Waals surface area contributed by atoms with Crippen molar-refractivity contribution in [2.75, 3.05) is 6.54 Å². The van der Waals surface area contributed by atoms with Crippen LogP contribution in [0.5, 0.6) is 0 Å². The van der Waals surface area contributed by atoms with Crippen molar-refractivity contribution >= 4 is 6.03 Å². The van der Waals surface area contributed by atoms with E-state index in [0.29, 0.717) is 6.54 Å². The molecule has 0 aromatic heterocycles. The maximum absolute atomic E-state index is 9.82. The molecule has 0 aliphatic heterocycles. The fourth-order valence-corrected chi connectivity index (χ4v) is 0.184. The largest absolute Gasteiger partial charge is 0.378 e. The molecule has 0 rings (SSSR count). The second-order valence-electron chi connectivity index (χ2n) is 0.927. The highest BCUT2D eigenvalue weighted by Gasteiger charge is 1.90. The minimum Gasteiger partial charge on any atom is -0.334 e. The number of hydrogen-bond acceptors (Lipinski definition) is 2. The van der Waals surface area contributed by atoms with E-state index in [4.69, 9.17) is 0 Å². The monoisotopic (exact) mass is 102 g/mol. The van der Waals surface area contributed by atoms with Crippen LogP contribution in [0.1, 0.15) is 6.92 Å². The Morgan fingerprint density at radius 3 is 2.57 bits per heavy atom. The van der Waals surface area contributed by atoms with Crippen LogP contribution in [0.2, 0.25) is 0 Å². The number of rotatable bonds is 1. The van der Waals surface area contributed by atoms with Crippen LogP contribution in [-0.2, 0) is 0 Å². The number of nitrogens with one attached hydrogen (secondary N) is 1. The summed E-state index contributed by atoms with van der Waals surface area (Å²) in [5.41, 5.74) is 0. The van der Waals surface area contributed by atoms with Gasteiger partial charge in [-0.25, -0.2) is 4.79 Å². The third-order valence-corrected chi connectivity index (χ3v) is 0.411. The van der Waals surface area contributed by atoms with Gasteiger partial charge in [0.1, 0.15) is 0 Å². The van der Waals surface area contributed by atoms with Crippen molar-refractivity contribution in [1.82, 2.24) is 5.32 Å². The predicted octanol–water partition coefficient (Wildman–Crippen LogP) is 0.482. The Hall–Kier alpha value is -0.930. The van der Waals surface area contributed by atoms with Crippen LogP contribution in [-0.4, -0.2) is 12.6 Å². The second-order valence-corrected chi connectivity index (χ2v) is 0.927. The van der Waals surface area contributed by atoms with Crippen LogP contribution in [0.4, 0.5) is 4.79 Å². The van der Waals surface area contributed by atoms with Gasteiger partial charge >= 0.3 is 6.03 Å². The van der Waals surface area contributed by atoms with Crippen molar-refractivity contribution < 1.29 is 4.79 Å². The summed E-state index contributed by atoms with van der Waals surface area (Å²) < 4.78 is 0. The van der Waals surface area contributed by atoms with Crippen molar-refractivity contribution in [2.24, 2.45) is 5.18 Å².